The van der Waals surface area contributed by atoms with Gasteiger partial charge in [0.25, 0.3) is 23.6 Å². The van der Waals surface area contributed by atoms with Crippen molar-refractivity contribution >= 4 is 87.1 Å². The zero-order chi connectivity index (χ0) is 66.3. The van der Waals surface area contributed by atoms with Gasteiger partial charge in [0.15, 0.2) is 0 Å². The summed E-state index contributed by atoms with van der Waals surface area (Å²) in [6, 6.07) is 9.60. The second kappa shape index (κ2) is 27.0. The number of fused-ring (bicyclic) bond motifs is 6. The molecule has 26 heteroatoms. The fourth-order valence-corrected chi connectivity index (χ4v) is 14.2. The Morgan fingerprint density at radius 1 is 0.538 bits per heavy atom. The normalized spacial score (nSPS) is 20.5. The zero-order valence-electron chi connectivity index (χ0n) is 55.5. The Kier molecular flexibility index (Phi) is 19.1. The molecule has 0 spiro atoms. The van der Waals surface area contributed by atoms with Crippen LogP contribution in [-0.4, -0.2) is 206 Å². The van der Waals surface area contributed by atoms with Crippen LogP contribution in [-0.2, 0) is 14.3 Å². The van der Waals surface area contributed by atoms with Crippen LogP contribution in [0.3, 0.4) is 0 Å². The largest absolute Gasteiger partial charge is 0.444 e. The van der Waals surface area contributed by atoms with Crippen LogP contribution >= 0.6 is 0 Å². The number of anilines is 4. The van der Waals surface area contributed by atoms with Crippen molar-refractivity contribution in [3.8, 4) is 0 Å². The van der Waals surface area contributed by atoms with E-state index in [4.69, 9.17) is 20.4 Å². The highest BCUT2D eigenvalue weighted by Gasteiger charge is 2.48. The molecule has 4 unspecified atom stereocenters. The molecular formula is C67H90N18O8. The van der Waals surface area contributed by atoms with Crippen molar-refractivity contribution in [1.82, 2.24) is 73.8 Å². The van der Waals surface area contributed by atoms with E-state index in [-0.39, 0.29) is 83.5 Å². The van der Waals surface area contributed by atoms with E-state index in [9.17, 15) is 33.6 Å². The molecule has 6 fully saturated rings. The molecule has 496 valence electrons. The lowest BCUT2D eigenvalue weighted by Gasteiger charge is -2.43. The number of carbonyl (C=O) groups is 7. The number of hydrogen-bond acceptors (Lipinski definition) is 17. The summed E-state index contributed by atoms with van der Waals surface area (Å²) in [4.78, 5) is 130. The maximum atomic E-state index is 13.8. The summed E-state index contributed by atoms with van der Waals surface area (Å²) in [6.45, 7) is 14.9. The summed E-state index contributed by atoms with van der Waals surface area (Å²) in [5.74, 6) is 1.13. The highest BCUT2D eigenvalue weighted by Crippen LogP contribution is 2.38. The number of pyridine rings is 2. The monoisotopic (exact) mass is 1270 g/mol. The number of piperazine rings is 2. The number of hydrogen-bond donors (Lipinski definition) is 4. The van der Waals surface area contributed by atoms with Gasteiger partial charge in [-0.25, -0.2) is 24.7 Å². The average molecular weight is 1280 g/mol. The van der Waals surface area contributed by atoms with Crippen LogP contribution in [0.5, 0.6) is 0 Å². The van der Waals surface area contributed by atoms with Gasteiger partial charge in [0.1, 0.15) is 46.0 Å². The number of likely N-dealkylation sites (tertiary alicyclic amines) is 2. The highest BCUT2D eigenvalue weighted by atomic mass is 16.6. The van der Waals surface area contributed by atoms with Crippen LogP contribution in [0.4, 0.5) is 28.3 Å². The summed E-state index contributed by atoms with van der Waals surface area (Å²) in [5, 5.41) is 10.7. The number of rotatable bonds is 15. The third-order valence-electron chi connectivity index (χ3n) is 18.9. The minimum Gasteiger partial charge on any atom is -0.444 e. The fourth-order valence-electron chi connectivity index (χ4n) is 14.2. The average Bonchev–Trinajstić information content (AvgIpc) is 1.69. The lowest BCUT2D eigenvalue weighted by atomic mass is 10.0. The first-order valence-corrected chi connectivity index (χ1v) is 33.0. The van der Waals surface area contributed by atoms with Gasteiger partial charge < -0.3 is 65.0 Å². The van der Waals surface area contributed by atoms with Crippen molar-refractivity contribution in [3.63, 3.8) is 0 Å². The lowest BCUT2D eigenvalue weighted by molar-refractivity contribution is -0.140. The van der Waals surface area contributed by atoms with Gasteiger partial charge in [0.05, 0.1) is 17.2 Å². The quantitative estimate of drug-likeness (QED) is 0.0758. The van der Waals surface area contributed by atoms with E-state index < -0.39 is 23.8 Å². The Morgan fingerprint density at radius 2 is 0.935 bits per heavy atom. The Balaban J connectivity index is 0.000000192. The van der Waals surface area contributed by atoms with Gasteiger partial charge in [-0.3, -0.25) is 28.8 Å². The van der Waals surface area contributed by atoms with Crippen LogP contribution in [0, 0.1) is 11.8 Å². The number of nitrogens with zero attached hydrogens (tertiary/aromatic N) is 14. The Hall–Kier alpha value is -8.81. The third kappa shape index (κ3) is 14.0. The summed E-state index contributed by atoms with van der Waals surface area (Å²) < 4.78 is 9.55. The third-order valence-corrected chi connectivity index (χ3v) is 18.9. The Bertz CT molecular complexity index is 3740. The van der Waals surface area contributed by atoms with Crippen LogP contribution in [0.15, 0.2) is 61.2 Å². The molecule has 2 saturated carbocycles. The molecule has 0 radical (unpaired) electrons. The molecule has 7 amide bonds. The first-order valence-electron chi connectivity index (χ1n) is 33.0. The van der Waals surface area contributed by atoms with Crippen molar-refractivity contribution < 1.29 is 38.3 Å². The summed E-state index contributed by atoms with van der Waals surface area (Å²) >= 11 is 0. The van der Waals surface area contributed by atoms with Crippen LogP contribution in [0.2, 0.25) is 0 Å². The van der Waals surface area contributed by atoms with Crippen molar-refractivity contribution in [2.75, 3.05) is 65.0 Å². The van der Waals surface area contributed by atoms with Crippen LogP contribution in [0.25, 0.3) is 22.1 Å². The molecule has 0 aromatic carbocycles. The maximum absolute atomic E-state index is 13.8. The SMILES string of the molecule is CC(C)[C@@H](N)C(=O)N1C2CCC1CN(C(=O)c1ccc(Nc3ncc4cc(C(=O)N(C)C)n(C5CCCC5)c4n3)nc1)C2.CC(C)[C@@H](NC(=O)OC(C)(C)C)C(=O)N1C2CCC1CN(C(=O)c1ccc(Nc3ncc4cc(C(=O)N(C)C)n(C5CCCC5)c4n3)nc1)C2. The smallest absolute Gasteiger partial charge is 0.408 e. The molecule has 5 N–H and O–H groups in total. The van der Waals surface area contributed by atoms with Gasteiger partial charge in [-0.2, -0.15) is 9.97 Å². The van der Waals surface area contributed by atoms with E-state index in [1.807, 2.05) is 54.5 Å². The van der Waals surface area contributed by atoms with Gasteiger partial charge in [-0.15, -0.1) is 0 Å². The van der Waals surface area contributed by atoms with Crippen molar-refractivity contribution in [2.45, 2.75) is 179 Å². The standard InChI is InChI=1S/C36H49N9O5.C31H41N9O3/c1-21(2)29(40-35(49)50-36(3,4)5)33(48)44-25-13-14-26(44)20-43(19-25)31(46)22-12-15-28(37-17-22)39-34-38-18-23-16-27(32(47)42(6)7)45(30(23)41-34)24-10-8-9-11-24;1-18(2)26(32)30(43)39-22-10-11-23(39)17-38(16-22)28(41)19-9-12-25(33-14-19)35-31-34-15-20-13-24(29(42)37(3)4)40(27(20)36-31)21-7-5-6-8-21/h12,15-18,21,24-26,29H,8-11,13-14,19-20H2,1-7H3,(H,40,49)(H,37,38,39,41);9,12-15,18,21-23,26H,5-8,10-11,16-17,32H2,1-4H3,(H,33,34,35,36)/t25?,26?,29-;22?,23?,26-/m11/s1. The van der Waals surface area contributed by atoms with E-state index in [0.29, 0.717) is 77.9 Å². The van der Waals surface area contributed by atoms with E-state index in [1.165, 1.54) is 6.20 Å². The second-order valence-corrected chi connectivity index (χ2v) is 28.0. The van der Waals surface area contributed by atoms with Gasteiger partial charge in [0.2, 0.25) is 23.7 Å². The van der Waals surface area contributed by atoms with Crippen LogP contribution in [0.1, 0.15) is 179 Å². The number of nitrogens with one attached hydrogen (secondary N) is 3. The highest BCUT2D eigenvalue weighted by molar-refractivity contribution is 5.99. The van der Waals surface area contributed by atoms with Gasteiger partial charge >= 0.3 is 6.09 Å². The molecular weight excluding hydrogens is 1180 g/mol. The Labute approximate surface area is 542 Å². The molecule has 93 heavy (non-hydrogen) atoms. The molecule has 4 bridgehead atoms. The summed E-state index contributed by atoms with van der Waals surface area (Å²) in [5.41, 5.74) is 9.10. The topological polar surface area (TPSA) is 297 Å². The molecule has 10 heterocycles. The molecule has 4 aliphatic heterocycles. The summed E-state index contributed by atoms with van der Waals surface area (Å²) in [6.07, 6.45) is 17.8. The van der Waals surface area contributed by atoms with E-state index in [1.54, 1.807) is 107 Å². The van der Waals surface area contributed by atoms with Crippen molar-refractivity contribution in [1.29, 1.82) is 0 Å². The minimum absolute atomic E-state index is 0.00215. The van der Waals surface area contributed by atoms with Crippen molar-refractivity contribution in [3.05, 3.63) is 83.7 Å². The molecule has 6 aliphatic rings. The van der Waals surface area contributed by atoms with E-state index in [0.717, 1.165) is 93.5 Å². The Morgan fingerprint density at radius 3 is 1.28 bits per heavy atom. The first kappa shape index (κ1) is 65.7. The molecule has 4 saturated heterocycles. The first-order chi connectivity index (χ1) is 44.3. The number of alkyl carbamates (subject to hydrolysis) is 1. The van der Waals surface area contributed by atoms with E-state index in [2.05, 4.69) is 45.0 Å². The fraction of sp³-hybridized carbons (Fsp3) is 0.567. The number of aromatic nitrogens is 8. The molecule has 2 aliphatic carbocycles. The van der Waals surface area contributed by atoms with Gasteiger partial charge in [0, 0.05) is 126 Å². The number of amides is 7. The zero-order valence-corrected chi connectivity index (χ0v) is 55.5. The minimum atomic E-state index is -0.723. The predicted molar refractivity (Wildman–Crippen MR) is 351 cm³/mol. The second-order valence-electron chi connectivity index (χ2n) is 28.0. The number of carbonyl (C=O) groups excluding carboxylic acids is 7. The molecule has 6 aromatic heterocycles. The molecule has 12 rings (SSSR count). The number of nitrogens with two attached hydrogens (primary N) is 1. The van der Waals surface area contributed by atoms with E-state index >= 15 is 0 Å². The molecule has 6 aromatic rings. The number of ether oxygens (including phenoxy) is 1. The maximum Gasteiger partial charge on any atom is 0.408 e. The van der Waals surface area contributed by atoms with Gasteiger partial charge in [-0.05, 0) is 120 Å². The van der Waals surface area contributed by atoms with Gasteiger partial charge in [-0.1, -0.05) is 53.4 Å². The van der Waals surface area contributed by atoms with Crippen molar-refractivity contribution in [2.24, 2.45) is 17.6 Å². The lowest BCUT2D eigenvalue weighted by Crippen LogP contribution is -2.62. The molecule has 6 atom stereocenters. The molecule has 26 nitrogen and oxygen atoms in total. The summed E-state index contributed by atoms with van der Waals surface area (Å²) in [7, 11) is 7.01. The van der Waals surface area contributed by atoms with Crippen LogP contribution < -0.4 is 21.7 Å². The predicted octanol–water partition coefficient (Wildman–Crippen LogP) is 7.94.